The molecule has 1 aromatic heterocycles. The number of thiocarbonyl (C=S) groups is 1. The molecular formula is C11H15N3OS2. The third-order valence-corrected chi connectivity index (χ3v) is 3.07. The lowest BCUT2D eigenvalue weighted by molar-refractivity contribution is 0.0798. The topological polar surface area (TPSA) is 59.2 Å². The highest BCUT2D eigenvalue weighted by atomic mass is 32.2. The van der Waals surface area contributed by atoms with Crippen LogP contribution >= 0.6 is 24.0 Å². The average Bonchev–Trinajstić information content (AvgIpc) is 2.35. The number of pyridine rings is 1. The van der Waals surface area contributed by atoms with E-state index in [1.165, 1.54) is 6.20 Å². The van der Waals surface area contributed by atoms with Gasteiger partial charge in [0.2, 0.25) is 0 Å². The Hall–Kier alpha value is -1.14. The Balaban J connectivity index is 2.72. The van der Waals surface area contributed by atoms with E-state index in [0.29, 0.717) is 17.8 Å². The fourth-order valence-electron chi connectivity index (χ4n) is 1.19. The second kappa shape index (κ2) is 6.56. The Morgan fingerprint density at radius 1 is 1.59 bits per heavy atom. The third kappa shape index (κ3) is 3.98. The van der Waals surface area contributed by atoms with E-state index in [1.54, 1.807) is 35.8 Å². The second-order valence-electron chi connectivity index (χ2n) is 3.52. The minimum absolute atomic E-state index is 0.0893. The van der Waals surface area contributed by atoms with Gasteiger partial charge in [-0.25, -0.2) is 0 Å². The van der Waals surface area contributed by atoms with Crippen molar-refractivity contribution in [2.75, 3.05) is 25.6 Å². The van der Waals surface area contributed by atoms with E-state index < -0.39 is 0 Å². The number of carbonyl (C=O) groups is 1. The van der Waals surface area contributed by atoms with Crippen LogP contribution in [-0.2, 0) is 0 Å². The first-order valence-electron chi connectivity index (χ1n) is 5.06. The van der Waals surface area contributed by atoms with Crippen molar-refractivity contribution in [3.8, 4) is 0 Å². The lowest BCUT2D eigenvalue weighted by Crippen LogP contribution is -2.29. The van der Waals surface area contributed by atoms with Crippen LogP contribution in [0.5, 0.6) is 0 Å². The van der Waals surface area contributed by atoms with Crippen LogP contribution in [0.4, 0.5) is 0 Å². The Morgan fingerprint density at radius 2 is 2.29 bits per heavy atom. The molecule has 0 aliphatic carbocycles. The zero-order chi connectivity index (χ0) is 12.8. The van der Waals surface area contributed by atoms with Crippen molar-refractivity contribution in [1.82, 2.24) is 9.88 Å². The van der Waals surface area contributed by atoms with E-state index in [0.717, 1.165) is 5.75 Å². The summed E-state index contributed by atoms with van der Waals surface area (Å²) in [5.41, 5.74) is 6.54. The molecular weight excluding hydrogens is 254 g/mol. The van der Waals surface area contributed by atoms with Crippen LogP contribution in [-0.4, -0.2) is 46.4 Å². The molecule has 6 heteroatoms. The molecule has 92 valence electrons. The molecule has 0 unspecified atom stereocenters. The van der Waals surface area contributed by atoms with Gasteiger partial charge in [0.05, 0.1) is 0 Å². The maximum absolute atomic E-state index is 11.9. The number of hydrogen-bond acceptors (Lipinski definition) is 4. The Bertz CT molecular complexity index is 406. The number of hydrogen-bond donors (Lipinski definition) is 1. The smallest absolute Gasteiger partial charge is 0.272 e. The fourth-order valence-corrected chi connectivity index (χ4v) is 1.77. The summed E-state index contributed by atoms with van der Waals surface area (Å²) < 4.78 is 0. The second-order valence-corrected chi connectivity index (χ2v) is 4.94. The molecule has 0 aromatic carbocycles. The highest BCUT2D eigenvalue weighted by Crippen LogP contribution is 2.04. The van der Waals surface area contributed by atoms with Gasteiger partial charge in [-0.3, -0.25) is 9.78 Å². The van der Waals surface area contributed by atoms with E-state index in [2.05, 4.69) is 4.98 Å². The van der Waals surface area contributed by atoms with Crippen molar-refractivity contribution < 1.29 is 4.79 Å². The van der Waals surface area contributed by atoms with Gasteiger partial charge in [-0.15, -0.1) is 0 Å². The molecule has 17 heavy (non-hydrogen) atoms. The molecule has 0 atom stereocenters. The van der Waals surface area contributed by atoms with Gasteiger partial charge in [0.1, 0.15) is 10.7 Å². The van der Waals surface area contributed by atoms with E-state index >= 15 is 0 Å². The van der Waals surface area contributed by atoms with Crippen molar-refractivity contribution in [3.63, 3.8) is 0 Å². The van der Waals surface area contributed by atoms with Gasteiger partial charge in [-0.1, -0.05) is 12.2 Å². The van der Waals surface area contributed by atoms with Gasteiger partial charge in [0, 0.05) is 31.1 Å². The minimum Gasteiger partial charge on any atom is -0.389 e. The number of amides is 1. The summed E-state index contributed by atoms with van der Waals surface area (Å²) >= 11 is 6.52. The first kappa shape index (κ1) is 13.9. The summed E-state index contributed by atoms with van der Waals surface area (Å²) in [7, 11) is 1.77. The molecule has 1 amide bonds. The standard InChI is InChI=1S/C11H15N3OS2/c1-14(5-6-17-2)11(15)9-4-3-8(7-13-9)10(12)16/h3-4,7H,5-6H2,1-2H3,(H2,12,16). The average molecular weight is 269 g/mol. The van der Waals surface area contributed by atoms with Crippen LogP contribution in [0.3, 0.4) is 0 Å². The predicted octanol–water partition coefficient (Wildman–Crippen LogP) is 1.15. The molecule has 0 bridgehead atoms. The van der Waals surface area contributed by atoms with Gasteiger partial charge >= 0.3 is 0 Å². The van der Waals surface area contributed by atoms with Crippen molar-refractivity contribution in [2.45, 2.75) is 0 Å². The van der Waals surface area contributed by atoms with Gasteiger partial charge in [-0.2, -0.15) is 11.8 Å². The summed E-state index contributed by atoms with van der Waals surface area (Å²) in [6, 6.07) is 3.36. The number of rotatable bonds is 5. The van der Waals surface area contributed by atoms with Crippen molar-refractivity contribution in [3.05, 3.63) is 29.6 Å². The van der Waals surface area contributed by atoms with Crippen LogP contribution in [0.25, 0.3) is 0 Å². The van der Waals surface area contributed by atoms with Crippen molar-refractivity contribution in [2.24, 2.45) is 5.73 Å². The van der Waals surface area contributed by atoms with E-state index in [1.807, 2.05) is 6.26 Å². The molecule has 2 N–H and O–H groups in total. The van der Waals surface area contributed by atoms with E-state index in [4.69, 9.17) is 18.0 Å². The van der Waals surface area contributed by atoms with Crippen LogP contribution in [0.1, 0.15) is 16.1 Å². The third-order valence-electron chi connectivity index (χ3n) is 2.24. The van der Waals surface area contributed by atoms with Crippen LogP contribution in [0.15, 0.2) is 18.3 Å². The lowest BCUT2D eigenvalue weighted by atomic mass is 10.2. The summed E-state index contributed by atoms with van der Waals surface area (Å²) in [4.78, 5) is 17.9. The zero-order valence-electron chi connectivity index (χ0n) is 9.84. The molecule has 0 saturated carbocycles. The van der Waals surface area contributed by atoms with Gasteiger partial charge in [0.15, 0.2) is 0 Å². The largest absolute Gasteiger partial charge is 0.389 e. The summed E-state index contributed by atoms with van der Waals surface area (Å²) in [6.45, 7) is 0.707. The van der Waals surface area contributed by atoms with E-state index in [-0.39, 0.29) is 10.9 Å². The summed E-state index contributed by atoms with van der Waals surface area (Å²) in [6.07, 6.45) is 3.53. The Kier molecular flexibility index (Phi) is 5.37. The highest BCUT2D eigenvalue weighted by Gasteiger charge is 2.12. The highest BCUT2D eigenvalue weighted by molar-refractivity contribution is 7.98. The number of nitrogens with two attached hydrogens (primary N) is 1. The molecule has 0 aliphatic heterocycles. The summed E-state index contributed by atoms with van der Waals surface area (Å²) in [5.74, 6) is 0.821. The first-order valence-corrected chi connectivity index (χ1v) is 6.86. The monoisotopic (exact) mass is 269 g/mol. The van der Waals surface area contributed by atoms with Gasteiger partial charge in [-0.05, 0) is 18.4 Å². The van der Waals surface area contributed by atoms with Crippen LogP contribution in [0, 0.1) is 0 Å². The number of carbonyl (C=O) groups excluding carboxylic acids is 1. The SMILES string of the molecule is CSCCN(C)C(=O)c1ccc(C(N)=S)cn1. The van der Waals surface area contributed by atoms with Gasteiger partial charge < -0.3 is 10.6 Å². The molecule has 0 fully saturated rings. The number of thioether (sulfide) groups is 1. The number of aromatic nitrogens is 1. The molecule has 0 radical (unpaired) electrons. The molecule has 0 saturated heterocycles. The molecule has 1 aromatic rings. The predicted molar refractivity (Wildman–Crippen MR) is 75.5 cm³/mol. The zero-order valence-corrected chi connectivity index (χ0v) is 11.5. The fraction of sp³-hybridized carbons (Fsp3) is 0.364. The first-order chi connectivity index (χ1) is 8.06. The molecule has 4 nitrogen and oxygen atoms in total. The Labute approximate surface area is 111 Å². The minimum atomic E-state index is -0.0893. The maximum Gasteiger partial charge on any atom is 0.272 e. The van der Waals surface area contributed by atoms with Crippen molar-refractivity contribution in [1.29, 1.82) is 0 Å². The lowest BCUT2D eigenvalue weighted by Gasteiger charge is -2.15. The van der Waals surface area contributed by atoms with E-state index in [9.17, 15) is 4.79 Å². The quantitative estimate of drug-likeness (QED) is 0.813. The maximum atomic E-state index is 11.9. The molecule has 1 heterocycles. The van der Waals surface area contributed by atoms with Crippen LogP contribution < -0.4 is 5.73 Å². The molecule has 1 rings (SSSR count). The van der Waals surface area contributed by atoms with Crippen molar-refractivity contribution >= 4 is 34.9 Å². The molecule has 0 spiro atoms. The number of nitrogens with zero attached hydrogens (tertiary/aromatic N) is 2. The summed E-state index contributed by atoms with van der Waals surface area (Å²) in [5, 5.41) is 0. The van der Waals surface area contributed by atoms with Crippen LogP contribution in [0.2, 0.25) is 0 Å². The van der Waals surface area contributed by atoms with Gasteiger partial charge in [0.25, 0.3) is 5.91 Å². The molecule has 0 aliphatic rings. The Morgan fingerprint density at radius 3 is 2.76 bits per heavy atom. The normalized spacial score (nSPS) is 10.0.